The molecule has 1 aliphatic heterocycles. The highest BCUT2D eigenvalue weighted by molar-refractivity contribution is 6.09. The number of benzene rings is 1. The molecule has 0 unspecified atom stereocenters. The number of hydrogen-bond donors (Lipinski definition) is 3. The second-order valence-corrected chi connectivity index (χ2v) is 6.92. The lowest BCUT2D eigenvalue weighted by molar-refractivity contribution is -0.136. The summed E-state index contributed by atoms with van der Waals surface area (Å²) in [5.74, 6) is -1.29. The SMILES string of the molecule is CCNC(=O)[C@H](C)NC(=O)CN1C(=O)N[C@@]2(CCCc3ccccc32)C1=O. The fourth-order valence-corrected chi connectivity index (χ4v) is 3.78. The number of carbonyl (C=O) groups is 4. The van der Waals surface area contributed by atoms with Crippen LogP contribution in [0.4, 0.5) is 4.79 Å². The van der Waals surface area contributed by atoms with Crippen LogP contribution in [0.3, 0.4) is 0 Å². The lowest BCUT2D eigenvalue weighted by Gasteiger charge is -2.33. The Morgan fingerprint density at radius 2 is 2.04 bits per heavy atom. The lowest BCUT2D eigenvalue weighted by Crippen LogP contribution is -2.50. The van der Waals surface area contributed by atoms with Crippen LogP contribution in [0.25, 0.3) is 0 Å². The van der Waals surface area contributed by atoms with Crippen molar-refractivity contribution in [1.29, 1.82) is 0 Å². The van der Waals surface area contributed by atoms with Crippen LogP contribution in [0.1, 0.15) is 37.8 Å². The van der Waals surface area contributed by atoms with Crippen molar-refractivity contribution in [1.82, 2.24) is 20.9 Å². The molecular formula is C19H24N4O4. The zero-order valence-corrected chi connectivity index (χ0v) is 15.5. The third-order valence-corrected chi connectivity index (χ3v) is 5.07. The Bertz CT molecular complexity index is 794. The van der Waals surface area contributed by atoms with Crippen molar-refractivity contribution in [3.8, 4) is 0 Å². The molecule has 0 saturated carbocycles. The second-order valence-electron chi connectivity index (χ2n) is 6.92. The molecule has 8 heteroatoms. The first-order valence-electron chi connectivity index (χ1n) is 9.18. The number of carbonyl (C=O) groups excluding carboxylic acids is 4. The first-order valence-corrected chi connectivity index (χ1v) is 9.18. The molecule has 3 rings (SSSR count). The van der Waals surface area contributed by atoms with Gasteiger partial charge in [0.15, 0.2) is 0 Å². The van der Waals surface area contributed by atoms with Crippen LogP contribution in [0, 0.1) is 0 Å². The average Bonchev–Trinajstić information content (AvgIpc) is 2.87. The molecule has 1 saturated heterocycles. The molecule has 0 aromatic heterocycles. The highest BCUT2D eigenvalue weighted by Crippen LogP contribution is 2.39. The summed E-state index contributed by atoms with van der Waals surface area (Å²) in [5, 5.41) is 7.93. The molecule has 1 aliphatic carbocycles. The van der Waals surface area contributed by atoms with Gasteiger partial charge in [-0.05, 0) is 44.2 Å². The van der Waals surface area contributed by atoms with Gasteiger partial charge < -0.3 is 16.0 Å². The fourth-order valence-electron chi connectivity index (χ4n) is 3.78. The number of imide groups is 1. The Labute approximate surface area is 157 Å². The maximum atomic E-state index is 13.1. The van der Waals surface area contributed by atoms with Crippen molar-refractivity contribution in [3.63, 3.8) is 0 Å². The smallest absolute Gasteiger partial charge is 0.325 e. The van der Waals surface area contributed by atoms with Gasteiger partial charge in [0.05, 0.1) is 0 Å². The molecule has 1 aromatic rings. The van der Waals surface area contributed by atoms with Crippen molar-refractivity contribution in [3.05, 3.63) is 35.4 Å². The maximum Gasteiger partial charge on any atom is 0.325 e. The van der Waals surface area contributed by atoms with E-state index in [2.05, 4.69) is 16.0 Å². The molecule has 3 N–H and O–H groups in total. The number of nitrogens with zero attached hydrogens (tertiary/aromatic N) is 1. The Kier molecular flexibility index (Phi) is 5.16. The Morgan fingerprint density at radius 1 is 1.30 bits per heavy atom. The molecule has 0 radical (unpaired) electrons. The first-order chi connectivity index (χ1) is 12.9. The largest absolute Gasteiger partial charge is 0.355 e. The van der Waals surface area contributed by atoms with Crippen LogP contribution in [0.2, 0.25) is 0 Å². The van der Waals surface area contributed by atoms with Crippen molar-refractivity contribution < 1.29 is 19.2 Å². The summed E-state index contributed by atoms with van der Waals surface area (Å²) in [6.07, 6.45) is 2.13. The van der Waals surface area contributed by atoms with E-state index in [1.54, 1.807) is 13.8 Å². The fraction of sp³-hybridized carbons (Fsp3) is 0.474. The van der Waals surface area contributed by atoms with Crippen LogP contribution in [-0.2, 0) is 26.3 Å². The van der Waals surface area contributed by atoms with Crippen molar-refractivity contribution in [2.45, 2.75) is 44.7 Å². The molecule has 27 heavy (non-hydrogen) atoms. The van der Waals surface area contributed by atoms with Crippen molar-refractivity contribution >= 4 is 23.8 Å². The quantitative estimate of drug-likeness (QED) is 0.651. The van der Waals surface area contributed by atoms with E-state index in [1.807, 2.05) is 24.3 Å². The molecule has 1 aromatic carbocycles. The topological polar surface area (TPSA) is 108 Å². The summed E-state index contributed by atoms with van der Waals surface area (Å²) < 4.78 is 0. The zero-order valence-electron chi connectivity index (χ0n) is 15.5. The summed E-state index contributed by atoms with van der Waals surface area (Å²) in [6, 6.07) is 6.23. The molecular weight excluding hydrogens is 348 g/mol. The standard InChI is InChI=1S/C19H24N4O4/c1-3-20-16(25)12(2)21-15(24)11-23-17(26)19(22-18(23)27)10-6-8-13-7-4-5-9-14(13)19/h4-5,7,9,12H,3,6,8,10-11H2,1-2H3,(H,20,25)(H,21,24)(H,22,27)/t12-,19+/m0/s1. The Balaban J connectivity index is 1.74. The minimum atomic E-state index is -1.10. The van der Waals surface area contributed by atoms with Crippen LogP contribution in [-0.4, -0.2) is 47.8 Å². The molecule has 1 heterocycles. The van der Waals surface area contributed by atoms with Crippen LogP contribution < -0.4 is 16.0 Å². The second kappa shape index (κ2) is 7.38. The molecule has 1 fully saturated rings. The number of amides is 5. The average molecular weight is 372 g/mol. The van der Waals surface area contributed by atoms with Crippen molar-refractivity contribution in [2.24, 2.45) is 0 Å². The highest BCUT2D eigenvalue weighted by atomic mass is 16.2. The van der Waals surface area contributed by atoms with E-state index in [0.717, 1.165) is 28.9 Å². The zero-order chi connectivity index (χ0) is 19.6. The van der Waals surface area contributed by atoms with E-state index in [0.29, 0.717) is 13.0 Å². The predicted molar refractivity (Wildman–Crippen MR) is 97.6 cm³/mol. The van der Waals surface area contributed by atoms with Gasteiger partial charge in [-0.2, -0.15) is 0 Å². The number of hydrogen-bond acceptors (Lipinski definition) is 4. The van der Waals surface area contributed by atoms with Gasteiger partial charge in [0.1, 0.15) is 18.1 Å². The highest BCUT2D eigenvalue weighted by Gasteiger charge is 2.54. The van der Waals surface area contributed by atoms with E-state index < -0.39 is 36.0 Å². The molecule has 2 atom stereocenters. The third kappa shape index (κ3) is 3.39. The van der Waals surface area contributed by atoms with E-state index in [9.17, 15) is 19.2 Å². The number of aryl methyl sites for hydroxylation is 1. The van der Waals surface area contributed by atoms with Crippen LogP contribution in [0.15, 0.2) is 24.3 Å². The molecule has 0 bridgehead atoms. The molecule has 2 aliphatic rings. The summed E-state index contributed by atoms with van der Waals surface area (Å²) in [5.41, 5.74) is 0.735. The van der Waals surface area contributed by atoms with E-state index in [-0.39, 0.29) is 5.91 Å². The summed E-state index contributed by atoms with van der Waals surface area (Å²) in [4.78, 5) is 50.5. The number of likely N-dealkylation sites (N-methyl/N-ethyl adjacent to an activating group) is 1. The van der Waals surface area contributed by atoms with E-state index in [4.69, 9.17) is 0 Å². The van der Waals surface area contributed by atoms with Gasteiger partial charge in [0, 0.05) is 6.54 Å². The first kappa shape index (κ1) is 18.9. The minimum Gasteiger partial charge on any atom is -0.355 e. The van der Waals surface area contributed by atoms with Gasteiger partial charge in [-0.3, -0.25) is 19.3 Å². The summed E-state index contributed by atoms with van der Waals surface area (Å²) in [7, 11) is 0. The summed E-state index contributed by atoms with van der Waals surface area (Å²) in [6.45, 7) is 3.36. The van der Waals surface area contributed by atoms with Gasteiger partial charge in [-0.15, -0.1) is 0 Å². The van der Waals surface area contributed by atoms with Crippen LogP contribution >= 0.6 is 0 Å². The van der Waals surface area contributed by atoms with Gasteiger partial charge in [-0.1, -0.05) is 24.3 Å². The number of fused-ring (bicyclic) bond motifs is 2. The number of nitrogens with one attached hydrogen (secondary N) is 3. The van der Waals surface area contributed by atoms with Gasteiger partial charge in [0.2, 0.25) is 11.8 Å². The lowest BCUT2D eigenvalue weighted by atomic mass is 9.76. The monoisotopic (exact) mass is 372 g/mol. The van der Waals surface area contributed by atoms with Gasteiger partial charge >= 0.3 is 6.03 Å². The molecule has 8 nitrogen and oxygen atoms in total. The van der Waals surface area contributed by atoms with E-state index >= 15 is 0 Å². The maximum absolute atomic E-state index is 13.1. The Hall–Kier alpha value is -2.90. The van der Waals surface area contributed by atoms with Gasteiger partial charge in [0.25, 0.3) is 5.91 Å². The van der Waals surface area contributed by atoms with Gasteiger partial charge in [-0.25, -0.2) is 4.79 Å². The van der Waals surface area contributed by atoms with Crippen LogP contribution in [0.5, 0.6) is 0 Å². The van der Waals surface area contributed by atoms with Crippen molar-refractivity contribution in [2.75, 3.05) is 13.1 Å². The summed E-state index contributed by atoms with van der Waals surface area (Å²) >= 11 is 0. The minimum absolute atomic E-state index is 0.319. The molecule has 5 amide bonds. The third-order valence-electron chi connectivity index (χ3n) is 5.07. The molecule has 144 valence electrons. The molecule has 1 spiro atoms. The number of rotatable bonds is 5. The van der Waals surface area contributed by atoms with E-state index in [1.165, 1.54) is 0 Å². The Morgan fingerprint density at radius 3 is 2.78 bits per heavy atom. The predicted octanol–water partition coefficient (Wildman–Crippen LogP) is 0.411. The number of urea groups is 1. The normalized spacial score (nSPS) is 22.2.